The van der Waals surface area contributed by atoms with Gasteiger partial charge in [-0.2, -0.15) is 5.10 Å². The van der Waals surface area contributed by atoms with Gasteiger partial charge in [-0.05, 0) is 15.9 Å². The average Bonchev–Trinajstić information content (AvgIpc) is 2.34. The maximum atomic E-state index is 9.05. The van der Waals surface area contributed by atoms with Crippen molar-refractivity contribution in [2.24, 2.45) is 0 Å². The van der Waals surface area contributed by atoms with Crippen molar-refractivity contribution in [2.45, 2.75) is 6.10 Å². The number of aliphatic hydroxyl groups is 2. The Kier molecular flexibility index (Phi) is 2.42. The number of aliphatic hydroxyl groups excluding tert-OH is 2. The largest absolute Gasteiger partial charge is 0.393 e. The van der Waals surface area contributed by atoms with Crippen molar-refractivity contribution in [1.82, 2.24) is 10.2 Å². The monoisotopic (exact) mass is 206 g/mol. The number of nitrogens with one attached hydrogen (secondary N) is 1. The quantitative estimate of drug-likeness (QED) is 0.648. The molecule has 56 valence electrons. The molecule has 0 aromatic carbocycles. The molecule has 0 aliphatic heterocycles. The second kappa shape index (κ2) is 3.14. The number of hydrogen-bond acceptors (Lipinski definition) is 3. The molecule has 0 radical (unpaired) electrons. The molecule has 0 amide bonds. The number of H-pyrrole nitrogens is 1. The third-order valence-electron chi connectivity index (χ3n) is 1.13. The van der Waals surface area contributed by atoms with Gasteiger partial charge < -0.3 is 10.2 Å². The maximum absolute atomic E-state index is 9.05. The van der Waals surface area contributed by atoms with E-state index >= 15 is 0 Å². The maximum Gasteiger partial charge on any atom is 0.119 e. The van der Waals surface area contributed by atoms with Gasteiger partial charge in [0.15, 0.2) is 0 Å². The molecule has 0 fully saturated rings. The van der Waals surface area contributed by atoms with Crippen molar-refractivity contribution >= 4 is 15.9 Å². The molecule has 10 heavy (non-hydrogen) atoms. The van der Waals surface area contributed by atoms with Crippen molar-refractivity contribution in [3.05, 3.63) is 16.4 Å². The molecule has 1 aromatic heterocycles. The van der Waals surface area contributed by atoms with E-state index in [1.54, 1.807) is 0 Å². The van der Waals surface area contributed by atoms with Gasteiger partial charge in [0.1, 0.15) is 6.10 Å². The van der Waals surface area contributed by atoms with Crippen LogP contribution in [-0.4, -0.2) is 27.0 Å². The third-order valence-corrected chi connectivity index (χ3v) is 1.76. The molecule has 5 heteroatoms. The van der Waals surface area contributed by atoms with Gasteiger partial charge in [0.25, 0.3) is 0 Å². The number of rotatable bonds is 2. The number of aromatic nitrogens is 2. The topological polar surface area (TPSA) is 69.1 Å². The molecule has 0 saturated heterocycles. The van der Waals surface area contributed by atoms with E-state index < -0.39 is 6.10 Å². The lowest BCUT2D eigenvalue weighted by Gasteiger charge is -2.02. The highest BCUT2D eigenvalue weighted by Gasteiger charge is 2.10. The van der Waals surface area contributed by atoms with Gasteiger partial charge >= 0.3 is 0 Å². The standard InChI is InChI=1S/C5H7BrN2O2/c6-3-1-7-8-5(3)4(10)2-9/h1,4,9-10H,2H2,(H,7,8). The van der Waals surface area contributed by atoms with E-state index in [2.05, 4.69) is 26.1 Å². The van der Waals surface area contributed by atoms with Crippen molar-refractivity contribution in [2.75, 3.05) is 6.61 Å². The highest BCUT2D eigenvalue weighted by molar-refractivity contribution is 9.10. The number of nitrogens with zero attached hydrogens (tertiary/aromatic N) is 1. The molecule has 1 rings (SSSR count). The van der Waals surface area contributed by atoms with Gasteiger partial charge in [0, 0.05) is 0 Å². The highest BCUT2D eigenvalue weighted by atomic mass is 79.9. The molecule has 0 aliphatic rings. The Morgan fingerprint density at radius 2 is 2.50 bits per heavy atom. The lowest BCUT2D eigenvalue weighted by atomic mass is 10.3. The van der Waals surface area contributed by atoms with Gasteiger partial charge in [-0.15, -0.1) is 0 Å². The molecule has 0 spiro atoms. The van der Waals surface area contributed by atoms with Gasteiger partial charge in [-0.25, -0.2) is 0 Å². The summed E-state index contributed by atoms with van der Waals surface area (Å²) in [4.78, 5) is 0. The zero-order valence-electron chi connectivity index (χ0n) is 5.08. The minimum absolute atomic E-state index is 0.305. The number of halogens is 1. The lowest BCUT2D eigenvalue weighted by Crippen LogP contribution is -2.03. The first kappa shape index (κ1) is 7.71. The van der Waals surface area contributed by atoms with E-state index in [4.69, 9.17) is 10.2 Å². The summed E-state index contributed by atoms with van der Waals surface area (Å²) in [6.07, 6.45) is 0.644. The van der Waals surface area contributed by atoms with Crippen LogP contribution in [-0.2, 0) is 0 Å². The first-order chi connectivity index (χ1) is 4.75. The Bertz CT molecular complexity index is 213. The Morgan fingerprint density at radius 1 is 1.80 bits per heavy atom. The van der Waals surface area contributed by atoms with Gasteiger partial charge in [0.2, 0.25) is 0 Å². The van der Waals surface area contributed by atoms with Crippen LogP contribution >= 0.6 is 15.9 Å². The van der Waals surface area contributed by atoms with Gasteiger partial charge in [-0.3, -0.25) is 5.10 Å². The van der Waals surface area contributed by atoms with Crippen molar-refractivity contribution < 1.29 is 10.2 Å². The number of aromatic amines is 1. The van der Waals surface area contributed by atoms with E-state index in [-0.39, 0.29) is 6.61 Å². The van der Waals surface area contributed by atoms with Crippen molar-refractivity contribution in [3.63, 3.8) is 0 Å². The smallest absolute Gasteiger partial charge is 0.119 e. The second-order valence-electron chi connectivity index (χ2n) is 1.83. The predicted octanol–water partition coefficient (Wildman–Crippen LogP) is 0.198. The molecule has 1 atom stereocenters. The summed E-state index contributed by atoms with van der Waals surface area (Å²) in [7, 11) is 0. The van der Waals surface area contributed by atoms with E-state index in [0.717, 1.165) is 0 Å². The summed E-state index contributed by atoms with van der Waals surface area (Å²) in [5.74, 6) is 0. The summed E-state index contributed by atoms with van der Waals surface area (Å²) in [5, 5.41) is 23.8. The van der Waals surface area contributed by atoms with E-state index in [9.17, 15) is 0 Å². The normalized spacial score (nSPS) is 13.5. The van der Waals surface area contributed by atoms with Crippen LogP contribution in [0.2, 0.25) is 0 Å². The van der Waals surface area contributed by atoms with Crippen LogP contribution in [0.3, 0.4) is 0 Å². The van der Waals surface area contributed by atoms with Crippen LogP contribution < -0.4 is 0 Å². The minimum atomic E-state index is -0.878. The van der Waals surface area contributed by atoms with E-state index in [1.807, 2.05) is 0 Å². The summed E-state index contributed by atoms with van der Waals surface area (Å²) in [6, 6.07) is 0. The minimum Gasteiger partial charge on any atom is -0.393 e. The van der Waals surface area contributed by atoms with Crippen LogP contribution in [0.25, 0.3) is 0 Å². The van der Waals surface area contributed by atoms with Gasteiger partial charge in [-0.1, -0.05) is 0 Å². The second-order valence-corrected chi connectivity index (χ2v) is 2.68. The fourth-order valence-electron chi connectivity index (χ4n) is 0.606. The summed E-state index contributed by atoms with van der Waals surface area (Å²) in [5.41, 5.74) is 0.502. The Hall–Kier alpha value is -0.390. The molecule has 0 saturated carbocycles. The molecule has 0 bridgehead atoms. The Labute approximate surface area is 66.0 Å². The van der Waals surface area contributed by atoms with Crippen LogP contribution in [0.1, 0.15) is 11.8 Å². The third kappa shape index (κ3) is 1.36. The summed E-state index contributed by atoms with van der Waals surface area (Å²) in [6.45, 7) is -0.305. The van der Waals surface area contributed by atoms with Crippen molar-refractivity contribution in [1.29, 1.82) is 0 Å². The van der Waals surface area contributed by atoms with Crippen LogP contribution in [0.5, 0.6) is 0 Å². The van der Waals surface area contributed by atoms with E-state index in [1.165, 1.54) is 6.20 Å². The first-order valence-corrected chi connectivity index (χ1v) is 3.52. The molecule has 1 heterocycles. The molecule has 4 nitrogen and oxygen atoms in total. The average molecular weight is 207 g/mol. The zero-order chi connectivity index (χ0) is 7.56. The molecular formula is C5H7BrN2O2. The summed E-state index contributed by atoms with van der Waals surface area (Å²) >= 11 is 3.14. The van der Waals surface area contributed by atoms with Gasteiger partial charge in [0.05, 0.1) is 23.0 Å². The van der Waals surface area contributed by atoms with Crippen molar-refractivity contribution in [3.8, 4) is 0 Å². The molecule has 1 unspecified atom stereocenters. The Balaban J connectivity index is 2.82. The van der Waals surface area contributed by atoms with Crippen LogP contribution in [0, 0.1) is 0 Å². The molecular weight excluding hydrogens is 200 g/mol. The first-order valence-electron chi connectivity index (χ1n) is 2.73. The van der Waals surface area contributed by atoms with Crippen LogP contribution in [0.4, 0.5) is 0 Å². The number of hydrogen-bond donors (Lipinski definition) is 3. The Morgan fingerprint density at radius 3 is 2.90 bits per heavy atom. The summed E-state index contributed by atoms with van der Waals surface area (Å²) < 4.78 is 0.675. The highest BCUT2D eigenvalue weighted by Crippen LogP contribution is 2.19. The van der Waals surface area contributed by atoms with Crippen LogP contribution in [0.15, 0.2) is 10.7 Å². The fraction of sp³-hybridized carbons (Fsp3) is 0.400. The molecule has 0 aliphatic carbocycles. The SMILES string of the molecule is OCC(O)c1[nH]ncc1Br. The predicted molar refractivity (Wildman–Crippen MR) is 38.3 cm³/mol. The van der Waals surface area contributed by atoms with E-state index in [0.29, 0.717) is 10.2 Å². The zero-order valence-corrected chi connectivity index (χ0v) is 6.67. The fourth-order valence-corrected chi connectivity index (χ4v) is 1.06. The molecule has 1 aromatic rings. The lowest BCUT2D eigenvalue weighted by molar-refractivity contribution is 0.0917. The molecule has 3 N–H and O–H groups in total.